The fraction of sp³-hybridized carbons (Fsp3) is 0.167. The van der Waals surface area contributed by atoms with Gasteiger partial charge >= 0.3 is 0 Å². The SMILES string of the molecule is COCOc1ccc2ccc(C=O)nc2c1Cl. The predicted octanol–water partition coefficient (Wildman–Crippen LogP) is 2.68. The molecular weight excluding hydrogens is 242 g/mol. The third-order valence-corrected chi connectivity index (χ3v) is 2.60. The Balaban J connectivity index is 2.52. The minimum atomic E-state index is 0.110. The third kappa shape index (κ3) is 2.38. The van der Waals surface area contributed by atoms with E-state index < -0.39 is 0 Å². The Hall–Kier alpha value is -1.65. The number of halogens is 1. The van der Waals surface area contributed by atoms with E-state index in [0.29, 0.717) is 28.3 Å². The molecule has 1 aromatic heterocycles. The second-order valence-corrected chi connectivity index (χ2v) is 3.73. The Bertz CT molecular complexity index is 557. The van der Waals surface area contributed by atoms with Gasteiger partial charge in [-0.3, -0.25) is 4.79 Å². The van der Waals surface area contributed by atoms with Crippen molar-refractivity contribution >= 4 is 28.8 Å². The van der Waals surface area contributed by atoms with Crippen LogP contribution in [0.5, 0.6) is 5.75 Å². The van der Waals surface area contributed by atoms with Crippen molar-refractivity contribution in [3.05, 3.63) is 35.0 Å². The van der Waals surface area contributed by atoms with Crippen LogP contribution >= 0.6 is 11.6 Å². The van der Waals surface area contributed by atoms with Gasteiger partial charge in [-0.05, 0) is 18.2 Å². The van der Waals surface area contributed by atoms with E-state index in [1.165, 1.54) is 7.11 Å². The van der Waals surface area contributed by atoms with Gasteiger partial charge in [-0.25, -0.2) is 4.98 Å². The van der Waals surface area contributed by atoms with Crippen LogP contribution in [0.4, 0.5) is 0 Å². The van der Waals surface area contributed by atoms with Gasteiger partial charge in [0, 0.05) is 12.5 Å². The van der Waals surface area contributed by atoms with Crippen molar-refractivity contribution in [3.63, 3.8) is 0 Å². The summed E-state index contributed by atoms with van der Waals surface area (Å²) in [6.07, 6.45) is 0.679. The highest BCUT2D eigenvalue weighted by molar-refractivity contribution is 6.36. The van der Waals surface area contributed by atoms with E-state index in [1.54, 1.807) is 18.2 Å². The highest BCUT2D eigenvalue weighted by atomic mass is 35.5. The van der Waals surface area contributed by atoms with Crippen LogP contribution in [0.3, 0.4) is 0 Å². The Kier molecular flexibility index (Phi) is 3.56. The van der Waals surface area contributed by atoms with E-state index in [0.717, 1.165) is 5.39 Å². The maximum Gasteiger partial charge on any atom is 0.188 e. The topological polar surface area (TPSA) is 48.4 Å². The van der Waals surface area contributed by atoms with Crippen molar-refractivity contribution in [3.8, 4) is 5.75 Å². The minimum Gasteiger partial charge on any atom is -0.466 e. The molecule has 1 aromatic carbocycles. The minimum absolute atomic E-state index is 0.110. The summed E-state index contributed by atoms with van der Waals surface area (Å²) < 4.78 is 10.1. The zero-order chi connectivity index (χ0) is 12.3. The Morgan fingerprint density at radius 2 is 2.12 bits per heavy atom. The molecule has 0 aliphatic heterocycles. The summed E-state index contributed by atoms with van der Waals surface area (Å²) in [6.45, 7) is 0.110. The lowest BCUT2D eigenvalue weighted by atomic mass is 10.2. The van der Waals surface area contributed by atoms with Gasteiger partial charge < -0.3 is 9.47 Å². The lowest BCUT2D eigenvalue weighted by molar-refractivity contribution is 0.0513. The molecule has 2 aromatic rings. The van der Waals surface area contributed by atoms with Gasteiger partial charge in [0.15, 0.2) is 13.1 Å². The van der Waals surface area contributed by atoms with Crippen molar-refractivity contribution < 1.29 is 14.3 Å². The molecule has 0 saturated heterocycles. The molecule has 0 bridgehead atoms. The summed E-state index contributed by atoms with van der Waals surface area (Å²) in [7, 11) is 1.53. The van der Waals surface area contributed by atoms with Crippen LogP contribution in [-0.2, 0) is 4.74 Å². The van der Waals surface area contributed by atoms with Gasteiger partial charge in [-0.1, -0.05) is 17.7 Å². The fourth-order valence-electron chi connectivity index (χ4n) is 1.45. The number of hydrogen-bond acceptors (Lipinski definition) is 4. The fourth-order valence-corrected chi connectivity index (χ4v) is 1.72. The van der Waals surface area contributed by atoms with Gasteiger partial charge in [0.05, 0.1) is 5.52 Å². The summed E-state index contributed by atoms with van der Waals surface area (Å²) in [5.74, 6) is 0.483. The molecule has 0 amide bonds. The van der Waals surface area contributed by atoms with Gasteiger partial charge in [0.2, 0.25) is 0 Å². The molecule has 0 atom stereocenters. The number of rotatable bonds is 4. The zero-order valence-corrected chi connectivity index (χ0v) is 9.90. The number of aldehydes is 1. The van der Waals surface area contributed by atoms with E-state index in [-0.39, 0.29) is 6.79 Å². The average Bonchev–Trinajstić information content (AvgIpc) is 2.38. The predicted molar refractivity (Wildman–Crippen MR) is 64.6 cm³/mol. The van der Waals surface area contributed by atoms with Gasteiger partial charge in [0.1, 0.15) is 16.5 Å². The molecule has 0 saturated carbocycles. The first-order valence-corrected chi connectivity index (χ1v) is 5.30. The van der Waals surface area contributed by atoms with Crippen LogP contribution in [0.25, 0.3) is 10.9 Å². The zero-order valence-electron chi connectivity index (χ0n) is 9.14. The smallest absolute Gasteiger partial charge is 0.188 e. The molecule has 0 aliphatic carbocycles. The Labute approximate surface area is 103 Å². The van der Waals surface area contributed by atoms with Gasteiger partial charge in [-0.2, -0.15) is 0 Å². The Morgan fingerprint density at radius 1 is 1.35 bits per heavy atom. The molecular formula is C12H10ClNO3. The highest BCUT2D eigenvalue weighted by Gasteiger charge is 2.08. The van der Waals surface area contributed by atoms with Crippen molar-refractivity contribution in [2.45, 2.75) is 0 Å². The first-order valence-electron chi connectivity index (χ1n) is 4.92. The summed E-state index contributed by atoms with van der Waals surface area (Å²) in [4.78, 5) is 14.8. The first-order chi connectivity index (χ1) is 8.26. The van der Waals surface area contributed by atoms with E-state index in [9.17, 15) is 4.79 Å². The molecule has 0 fully saturated rings. The average molecular weight is 252 g/mol. The van der Waals surface area contributed by atoms with E-state index in [1.807, 2.05) is 6.07 Å². The van der Waals surface area contributed by atoms with Crippen LogP contribution in [-0.4, -0.2) is 25.2 Å². The number of methoxy groups -OCH3 is 1. The quantitative estimate of drug-likeness (QED) is 0.619. The van der Waals surface area contributed by atoms with E-state index >= 15 is 0 Å². The number of hydrogen-bond donors (Lipinski definition) is 0. The highest BCUT2D eigenvalue weighted by Crippen LogP contribution is 2.31. The lowest BCUT2D eigenvalue weighted by Gasteiger charge is -2.08. The Morgan fingerprint density at radius 3 is 2.82 bits per heavy atom. The second kappa shape index (κ2) is 5.12. The van der Waals surface area contributed by atoms with Crippen LogP contribution in [0, 0.1) is 0 Å². The molecule has 0 radical (unpaired) electrons. The molecule has 0 aliphatic rings. The molecule has 17 heavy (non-hydrogen) atoms. The number of nitrogens with zero attached hydrogens (tertiary/aromatic N) is 1. The monoisotopic (exact) mass is 251 g/mol. The molecule has 88 valence electrons. The summed E-state index contributed by atoms with van der Waals surface area (Å²) in [6, 6.07) is 7.00. The number of benzene rings is 1. The van der Waals surface area contributed by atoms with Crippen LogP contribution in [0.2, 0.25) is 5.02 Å². The third-order valence-electron chi connectivity index (χ3n) is 2.24. The molecule has 1 heterocycles. The summed E-state index contributed by atoms with van der Waals surface area (Å²) >= 11 is 6.15. The van der Waals surface area contributed by atoms with E-state index in [2.05, 4.69) is 4.98 Å². The lowest BCUT2D eigenvalue weighted by Crippen LogP contribution is -2.00. The number of carbonyl (C=O) groups excluding carboxylic acids is 1. The first kappa shape index (κ1) is 11.8. The van der Waals surface area contributed by atoms with Crippen molar-refractivity contribution in [1.29, 1.82) is 0 Å². The number of fused-ring (bicyclic) bond motifs is 1. The normalized spacial score (nSPS) is 10.5. The molecule has 2 rings (SSSR count). The van der Waals surface area contributed by atoms with Crippen LogP contribution in [0.15, 0.2) is 24.3 Å². The van der Waals surface area contributed by atoms with Crippen molar-refractivity contribution in [1.82, 2.24) is 4.98 Å². The van der Waals surface area contributed by atoms with Crippen molar-refractivity contribution in [2.75, 3.05) is 13.9 Å². The summed E-state index contributed by atoms with van der Waals surface area (Å²) in [5, 5.41) is 1.23. The van der Waals surface area contributed by atoms with Crippen LogP contribution < -0.4 is 4.74 Å². The number of aromatic nitrogens is 1. The molecule has 5 heteroatoms. The molecule has 0 unspecified atom stereocenters. The molecule has 0 N–H and O–H groups in total. The van der Waals surface area contributed by atoms with Crippen LogP contribution in [0.1, 0.15) is 10.5 Å². The number of pyridine rings is 1. The van der Waals surface area contributed by atoms with E-state index in [4.69, 9.17) is 21.1 Å². The molecule has 4 nitrogen and oxygen atoms in total. The molecule has 0 spiro atoms. The standard InChI is InChI=1S/C12H10ClNO3/c1-16-7-17-10-5-3-8-2-4-9(6-15)14-12(8)11(10)13/h2-6H,7H2,1H3. The van der Waals surface area contributed by atoms with Gasteiger partial charge in [-0.15, -0.1) is 0 Å². The van der Waals surface area contributed by atoms with Crippen molar-refractivity contribution in [2.24, 2.45) is 0 Å². The number of carbonyl (C=O) groups is 1. The number of ether oxygens (including phenoxy) is 2. The second-order valence-electron chi connectivity index (χ2n) is 3.35. The maximum atomic E-state index is 10.7. The summed E-state index contributed by atoms with van der Waals surface area (Å²) in [5.41, 5.74) is 0.883. The van der Waals surface area contributed by atoms with Gasteiger partial charge in [0.25, 0.3) is 0 Å². The maximum absolute atomic E-state index is 10.7. The largest absolute Gasteiger partial charge is 0.466 e.